The zero-order valence-corrected chi connectivity index (χ0v) is 13.9. The Kier molecular flexibility index (Phi) is 5.98. The summed E-state index contributed by atoms with van der Waals surface area (Å²) < 4.78 is 2.05. The molecule has 1 aliphatic rings. The number of benzene rings is 1. The van der Waals surface area contributed by atoms with Gasteiger partial charge in [0, 0.05) is 51.7 Å². The summed E-state index contributed by atoms with van der Waals surface area (Å²) in [5.41, 5.74) is 1.16. The summed E-state index contributed by atoms with van der Waals surface area (Å²) in [4.78, 5) is 18.9. The molecule has 0 spiro atoms. The van der Waals surface area contributed by atoms with Crippen molar-refractivity contribution in [2.45, 2.75) is 25.6 Å². The lowest BCUT2D eigenvalue weighted by Crippen LogP contribution is -2.56. The quantitative estimate of drug-likeness (QED) is 0.792. The van der Waals surface area contributed by atoms with Gasteiger partial charge in [-0.25, -0.2) is 4.98 Å². The molecular weight excluding hydrogens is 302 g/mol. The normalized spacial score (nSPS) is 17.6. The van der Waals surface area contributed by atoms with Crippen molar-refractivity contribution in [1.82, 2.24) is 25.1 Å². The van der Waals surface area contributed by atoms with Gasteiger partial charge in [0.25, 0.3) is 0 Å². The summed E-state index contributed by atoms with van der Waals surface area (Å²) in [7, 11) is 0. The highest BCUT2D eigenvalue weighted by Gasteiger charge is 2.25. The number of aryl methyl sites for hydroxylation is 1. The van der Waals surface area contributed by atoms with Crippen molar-refractivity contribution in [3.05, 3.63) is 54.6 Å². The number of carbonyl (C=O) groups is 1. The Morgan fingerprint density at radius 2 is 2.17 bits per heavy atom. The van der Waals surface area contributed by atoms with Crippen LogP contribution in [0.3, 0.4) is 0 Å². The van der Waals surface area contributed by atoms with Gasteiger partial charge >= 0.3 is 0 Å². The first-order valence-electron chi connectivity index (χ1n) is 8.55. The largest absolute Gasteiger partial charge is 0.337 e. The average molecular weight is 327 g/mol. The Labute approximate surface area is 142 Å². The van der Waals surface area contributed by atoms with Crippen LogP contribution in [-0.4, -0.2) is 52.6 Å². The van der Waals surface area contributed by atoms with Crippen LogP contribution in [0, 0.1) is 0 Å². The van der Waals surface area contributed by atoms with E-state index in [9.17, 15) is 4.79 Å². The van der Waals surface area contributed by atoms with Crippen LogP contribution in [0.4, 0.5) is 0 Å². The first kappa shape index (κ1) is 16.7. The van der Waals surface area contributed by atoms with Gasteiger partial charge < -0.3 is 20.1 Å². The average Bonchev–Trinajstić information content (AvgIpc) is 3.15. The minimum Gasteiger partial charge on any atom is -0.337 e. The minimum atomic E-state index is -0.129. The molecule has 3 rings (SSSR count). The zero-order chi connectivity index (χ0) is 16.6. The van der Waals surface area contributed by atoms with E-state index < -0.39 is 0 Å². The fourth-order valence-corrected chi connectivity index (χ4v) is 2.98. The third-order valence-corrected chi connectivity index (χ3v) is 4.27. The molecule has 2 N–H and O–H groups in total. The molecule has 6 heteroatoms. The third-order valence-electron chi connectivity index (χ3n) is 4.27. The van der Waals surface area contributed by atoms with Crippen molar-refractivity contribution >= 4 is 5.91 Å². The number of rotatable bonds is 7. The van der Waals surface area contributed by atoms with Gasteiger partial charge in [-0.1, -0.05) is 30.3 Å². The van der Waals surface area contributed by atoms with E-state index >= 15 is 0 Å². The lowest BCUT2D eigenvalue weighted by Gasteiger charge is -2.30. The molecule has 0 saturated carbocycles. The van der Waals surface area contributed by atoms with Crippen LogP contribution in [0.25, 0.3) is 0 Å². The second-order valence-corrected chi connectivity index (χ2v) is 6.11. The van der Waals surface area contributed by atoms with Crippen LogP contribution in [-0.2, 0) is 17.9 Å². The molecule has 1 aromatic carbocycles. The lowest BCUT2D eigenvalue weighted by atomic mass is 10.1. The monoisotopic (exact) mass is 327 g/mol. The number of nitrogens with one attached hydrogen (secondary N) is 2. The first-order chi connectivity index (χ1) is 11.8. The first-order valence-corrected chi connectivity index (χ1v) is 8.55. The van der Waals surface area contributed by atoms with Crippen molar-refractivity contribution in [2.24, 2.45) is 0 Å². The maximum atomic E-state index is 12.9. The van der Waals surface area contributed by atoms with Gasteiger partial charge in [-0.3, -0.25) is 4.79 Å². The van der Waals surface area contributed by atoms with Gasteiger partial charge in [0.05, 0.1) is 12.4 Å². The van der Waals surface area contributed by atoms with E-state index in [0.29, 0.717) is 13.1 Å². The van der Waals surface area contributed by atoms with Crippen LogP contribution in [0.2, 0.25) is 0 Å². The number of imidazole rings is 1. The molecule has 1 aromatic heterocycles. The molecule has 1 atom stereocenters. The molecule has 0 bridgehead atoms. The summed E-state index contributed by atoms with van der Waals surface area (Å²) in [6, 6.07) is 10.1. The number of hydrogen-bond acceptors (Lipinski definition) is 4. The molecule has 1 aliphatic heterocycles. The lowest BCUT2D eigenvalue weighted by molar-refractivity contribution is -0.134. The highest BCUT2D eigenvalue weighted by atomic mass is 16.2. The van der Waals surface area contributed by atoms with E-state index in [2.05, 4.69) is 27.8 Å². The van der Waals surface area contributed by atoms with Crippen molar-refractivity contribution in [3.8, 4) is 0 Å². The van der Waals surface area contributed by atoms with Crippen LogP contribution in [0.15, 0.2) is 49.1 Å². The second kappa shape index (κ2) is 8.61. The van der Waals surface area contributed by atoms with E-state index in [1.54, 1.807) is 6.20 Å². The molecule has 128 valence electrons. The Bertz CT molecular complexity index is 608. The molecule has 2 aromatic rings. The van der Waals surface area contributed by atoms with Gasteiger partial charge in [0.15, 0.2) is 0 Å². The highest BCUT2D eigenvalue weighted by molar-refractivity contribution is 5.82. The van der Waals surface area contributed by atoms with E-state index in [-0.39, 0.29) is 11.9 Å². The van der Waals surface area contributed by atoms with Gasteiger partial charge in [0.2, 0.25) is 5.91 Å². The molecule has 0 radical (unpaired) electrons. The fourth-order valence-electron chi connectivity index (χ4n) is 2.98. The predicted octanol–water partition coefficient (Wildman–Crippen LogP) is 0.863. The molecule has 24 heavy (non-hydrogen) atoms. The number of carbonyl (C=O) groups excluding carboxylic acids is 1. The third kappa shape index (κ3) is 4.66. The molecule has 0 aliphatic carbocycles. The number of amides is 1. The molecule has 1 fully saturated rings. The van der Waals surface area contributed by atoms with Crippen LogP contribution >= 0.6 is 0 Å². The highest BCUT2D eigenvalue weighted by Crippen LogP contribution is 2.08. The molecule has 6 nitrogen and oxygen atoms in total. The van der Waals surface area contributed by atoms with Crippen molar-refractivity contribution < 1.29 is 4.79 Å². The van der Waals surface area contributed by atoms with Gasteiger partial charge in [-0.05, 0) is 12.0 Å². The maximum Gasteiger partial charge on any atom is 0.241 e. The molecular formula is C18H25N5O. The van der Waals surface area contributed by atoms with E-state index in [1.807, 2.05) is 40.2 Å². The van der Waals surface area contributed by atoms with Crippen LogP contribution in [0.5, 0.6) is 0 Å². The van der Waals surface area contributed by atoms with Crippen LogP contribution in [0.1, 0.15) is 12.0 Å². The van der Waals surface area contributed by atoms with E-state index in [1.165, 1.54) is 0 Å². The topological polar surface area (TPSA) is 62.2 Å². The van der Waals surface area contributed by atoms with Crippen LogP contribution < -0.4 is 10.6 Å². The Balaban J connectivity index is 1.61. The standard InChI is InChI=1S/C18H25N5O/c24-18(17-13-19-7-8-21-17)23(14-16-5-2-1-3-6-16)11-4-10-22-12-9-20-15-22/h1-3,5-6,9,12,15,17,19,21H,4,7-8,10-11,13-14H2. The number of aromatic nitrogens is 2. The van der Waals surface area contributed by atoms with E-state index in [4.69, 9.17) is 0 Å². The van der Waals surface area contributed by atoms with Crippen molar-refractivity contribution in [3.63, 3.8) is 0 Å². The zero-order valence-electron chi connectivity index (χ0n) is 13.9. The Morgan fingerprint density at radius 1 is 1.29 bits per heavy atom. The summed E-state index contributed by atoms with van der Waals surface area (Å²) in [6.45, 7) is 4.72. The fraction of sp³-hybridized carbons (Fsp3) is 0.444. The Morgan fingerprint density at radius 3 is 2.88 bits per heavy atom. The van der Waals surface area contributed by atoms with Gasteiger partial charge in [-0.2, -0.15) is 0 Å². The van der Waals surface area contributed by atoms with Gasteiger partial charge in [0.1, 0.15) is 0 Å². The van der Waals surface area contributed by atoms with Crippen molar-refractivity contribution in [2.75, 3.05) is 26.2 Å². The summed E-state index contributed by atoms with van der Waals surface area (Å²) in [5, 5.41) is 6.61. The summed E-state index contributed by atoms with van der Waals surface area (Å²) in [5.74, 6) is 0.177. The minimum absolute atomic E-state index is 0.129. The number of nitrogens with zero attached hydrogens (tertiary/aromatic N) is 3. The summed E-state index contributed by atoms with van der Waals surface area (Å²) in [6.07, 6.45) is 6.46. The van der Waals surface area contributed by atoms with Gasteiger partial charge in [-0.15, -0.1) is 0 Å². The second-order valence-electron chi connectivity index (χ2n) is 6.11. The SMILES string of the molecule is O=C(C1CNCCN1)N(CCCn1ccnc1)Cc1ccccc1. The smallest absolute Gasteiger partial charge is 0.241 e. The molecule has 2 heterocycles. The molecule has 1 saturated heterocycles. The summed E-state index contributed by atoms with van der Waals surface area (Å²) >= 11 is 0. The number of hydrogen-bond donors (Lipinski definition) is 2. The molecule has 1 unspecified atom stereocenters. The Hall–Kier alpha value is -2.18. The van der Waals surface area contributed by atoms with Crippen molar-refractivity contribution in [1.29, 1.82) is 0 Å². The molecule has 1 amide bonds. The van der Waals surface area contributed by atoms with E-state index in [0.717, 1.165) is 38.2 Å². The number of piperazine rings is 1. The predicted molar refractivity (Wildman–Crippen MR) is 93.4 cm³/mol. The maximum absolute atomic E-state index is 12.9.